The quantitative estimate of drug-likeness (QED) is 0.682. The first-order chi connectivity index (χ1) is 7.60. The van der Waals surface area contributed by atoms with Gasteiger partial charge in [-0.25, -0.2) is 0 Å². The monoisotopic (exact) mass is 217 g/mol. The zero-order chi connectivity index (χ0) is 12.1. The van der Waals surface area contributed by atoms with Crippen molar-refractivity contribution in [2.75, 3.05) is 7.05 Å². The van der Waals surface area contributed by atoms with Gasteiger partial charge in [-0.1, -0.05) is 45.6 Å². The lowest BCUT2D eigenvalue weighted by Crippen LogP contribution is -2.16. The predicted octanol–water partition coefficient (Wildman–Crippen LogP) is 4.27. The lowest BCUT2D eigenvalue weighted by atomic mass is 9.92. The second kappa shape index (κ2) is 5.74. The average molecular weight is 217 g/mol. The van der Waals surface area contributed by atoms with Crippen LogP contribution in [0.5, 0.6) is 0 Å². The van der Waals surface area contributed by atoms with Crippen LogP contribution in [0.2, 0.25) is 0 Å². The Kier molecular flexibility index (Phi) is 4.60. The normalized spacial score (nSPS) is 28.6. The molecule has 1 unspecified atom stereocenters. The Morgan fingerprint density at radius 3 is 2.81 bits per heavy atom. The fraction of sp³-hybridized carbons (Fsp3) is 0.467. The standard InChI is InChI=1S/C15H23N/c1-6-8-15-14(7-2)13(4)11-12(3)9-10-16(15)5/h7,9-10,12H,2,4,6,8,11H2,1,3,5H3/b10-9-,15-14-. The largest absolute Gasteiger partial charge is 0.354 e. The molecule has 0 saturated carbocycles. The maximum Gasteiger partial charge on any atom is 0.0246 e. The summed E-state index contributed by atoms with van der Waals surface area (Å²) >= 11 is 0. The number of rotatable bonds is 3. The minimum atomic E-state index is 0.549. The Bertz CT molecular complexity index is 333. The Hall–Kier alpha value is -1.24. The van der Waals surface area contributed by atoms with E-state index in [2.05, 4.69) is 51.2 Å². The van der Waals surface area contributed by atoms with Crippen LogP contribution in [-0.4, -0.2) is 11.9 Å². The lowest BCUT2D eigenvalue weighted by Gasteiger charge is -2.26. The summed E-state index contributed by atoms with van der Waals surface area (Å²) in [6, 6.07) is 0. The molecule has 1 rings (SSSR count). The van der Waals surface area contributed by atoms with Crippen LogP contribution in [0.1, 0.15) is 33.1 Å². The van der Waals surface area contributed by atoms with Crippen molar-refractivity contribution in [3.05, 3.63) is 48.4 Å². The molecule has 1 atom stereocenters. The first kappa shape index (κ1) is 12.8. The highest BCUT2D eigenvalue weighted by molar-refractivity contribution is 5.42. The molecule has 0 bridgehead atoms. The van der Waals surface area contributed by atoms with Crippen molar-refractivity contribution >= 4 is 0 Å². The molecule has 1 nitrogen and oxygen atoms in total. The first-order valence-corrected chi connectivity index (χ1v) is 6.05. The van der Waals surface area contributed by atoms with Crippen LogP contribution >= 0.6 is 0 Å². The molecule has 0 radical (unpaired) electrons. The van der Waals surface area contributed by atoms with Crippen LogP contribution in [0.3, 0.4) is 0 Å². The second-order valence-electron chi connectivity index (χ2n) is 4.55. The Labute approximate surface area is 99.8 Å². The van der Waals surface area contributed by atoms with Crippen molar-refractivity contribution in [1.82, 2.24) is 4.90 Å². The van der Waals surface area contributed by atoms with Crippen LogP contribution in [-0.2, 0) is 0 Å². The van der Waals surface area contributed by atoms with Gasteiger partial charge in [0.05, 0.1) is 0 Å². The summed E-state index contributed by atoms with van der Waals surface area (Å²) in [5.41, 5.74) is 3.79. The van der Waals surface area contributed by atoms with E-state index in [0.29, 0.717) is 5.92 Å². The Balaban J connectivity index is 3.14. The van der Waals surface area contributed by atoms with Crippen molar-refractivity contribution in [3.63, 3.8) is 0 Å². The molecule has 1 aliphatic rings. The summed E-state index contributed by atoms with van der Waals surface area (Å²) in [6.07, 6.45) is 9.63. The van der Waals surface area contributed by atoms with Gasteiger partial charge < -0.3 is 4.90 Å². The van der Waals surface area contributed by atoms with Crippen LogP contribution in [0.15, 0.2) is 48.4 Å². The van der Waals surface area contributed by atoms with Gasteiger partial charge in [0, 0.05) is 12.7 Å². The van der Waals surface area contributed by atoms with Gasteiger partial charge in [-0.15, -0.1) is 0 Å². The fourth-order valence-electron chi connectivity index (χ4n) is 2.14. The molecule has 0 amide bonds. The lowest BCUT2D eigenvalue weighted by molar-refractivity contribution is 0.513. The van der Waals surface area contributed by atoms with Crippen LogP contribution in [0, 0.1) is 5.92 Å². The predicted molar refractivity (Wildman–Crippen MR) is 72.0 cm³/mol. The van der Waals surface area contributed by atoms with Crippen LogP contribution in [0.4, 0.5) is 0 Å². The highest BCUT2D eigenvalue weighted by atomic mass is 15.1. The van der Waals surface area contributed by atoms with E-state index in [-0.39, 0.29) is 0 Å². The Morgan fingerprint density at radius 2 is 2.25 bits per heavy atom. The molecule has 0 fully saturated rings. The molecule has 0 N–H and O–H groups in total. The van der Waals surface area contributed by atoms with Gasteiger partial charge in [0.25, 0.3) is 0 Å². The molecular formula is C15H23N. The molecule has 88 valence electrons. The summed E-state index contributed by atoms with van der Waals surface area (Å²) in [7, 11) is 2.11. The summed E-state index contributed by atoms with van der Waals surface area (Å²) in [4.78, 5) is 2.21. The van der Waals surface area contributed by atoms with Crippen LogP contribution in [0.25, 0.3) is 0 Å². The molecule has 1 heterocycles. The molecule has 0 saturated heterocycles. The van der Waals surface area contributed by atoms with E-state index < -0.39 is 0 Å². The van der Waals surface area contributed by atoms with Gasteiger partial charge in [0.1, 0.15) is 0 Å². The molecule has 0 aromatic rings. The molecule has 0 aliphatic carbocycles. The van der Waals surface area contributed by atoms with Crippen molar-refractivity contribution in [2.24, 2.45) is 5.92 Å². The van der Waals surface area contributed by atoms with Crippen molar-refractivity contribution < 1.29 is 0 Å². The highest BCUT2D eigenvalue weighted by Crippen LogP contribution is 2.28. The van der Waals surface area contributed by atoms with Gasteiger partial charge in [-0.05, 0) is 36.1 Å². The zero-order valence-corrected chi connectivity index (χ0v) is 10.8. The fourth-order valence-corrected chi connectivity index (χ4v) is 2.14. The van der Waals surface area contributed by atoms with Crippen molar-refractivity contribution in [3.8, 4) is 0 Å². The third kappa shape index (κ3) is 2.88. The van der Waals surface area contributed by atoms with Crippen molar-refractivity contribution in [1.29, 1.82) is 0 Å². The number of allylic oxidation sites excluding steroid dienone is 5. The van der Waals surface area contributed by atoms with Gasteiger partial charge in [0.2, 0.25) is 0 Å². The molecule has 0 aromatic carbocycles. The molecule has 16 heavy (non-hydrogen) atoms. The topological polar surface area (TPSA) is 3.24 Å². The van der Waals surface area contributed by atoms with Crippen molar-refractivity contribution in [2.45, 2.75) is 33.1 Å². The number of hydrogen-bond donors (Lipinski definition) is 0. The van der Waals surface area contributed by atoms with Gasteiger partial charge in [-0.2, -0.15) is 0 Å². The van der Waals surface area contributed by atoms with E-state index in [1.807, 2.05) is 6.08 Å². The molecule has 1 heteroatoms. The molecule has 1 aliphatic heterocycles. The second-order valence-corrected chi connectivity index (χ2v) is 4.55. The average Bonchev–Trinajstić information content (AvgIpc) is 2.24. The minimum Gasteiger partial charge on any atom is -0.354 e. The van der Waals surface area contributed by atoms with Gasteiger partial charge >= 0.3 is 0 Å². The summed E-state index contributed by atoms with van der Waals surface area (Å²) in [5.74, 6) is 0.549. The zero-order valence-electron chi connectivity index (χ0n) is 10.8. The third-order valence-electron chi connectivity index (χ3n) is 3.02. The third-order valence-corrected chi connectivity index (χ3v) is 3.02. The molecule has 0 spiro atoms. The summed E-state index contributed by atoms with van der Waals surface area (Å²) < 4.78 is 0. The van der Waals surface area contributed by atoms with E-state index in [1.165, 1.54) is 16.8 Å². The van der Waals surface area contributed by atoms with Gasteiger partial charge in [-0.3, -0.25) is 0 Å². The minimum absolute atomic E-state index is 0.549. The maximum atomic E-state index is 4.20. The van der Waals surface area contributed by atoms with E-state index >= 15 is 0 Å². The summed E-state index contributed by atoms with van der Waals surface area (Å²) in [6.45, 7) is 12.6. The van der Waals surface area contributed by atoms with Gasteiger partial charge in [0.15, 0.2) is 0 Å². The SMILES string of the molecule is C=C/C1=C(\CCC)N(C)/C=C\C(C)CC1=C. The number of hydrogen-bond acceptors (Lipinski definition) is 1. The highest BCUT2D eigenvalue weighted by Gasteiger charge is 2.14. The van der Waals surface area contributed by atoms with E-state index in [1.54, 1.807) is 0 Å². The van der Waals surface area contributed by atoms with Crippen LogP contribution < -0.4 is 0 Å². The van der Waals surface area contributed by atoms with E-state index in [0.717, 1.165) is 19.3 Å². The van der Waals surface area contributed by atoms with E-state index in [4.69, 9.17) is 0 Å². The molecule has 0 aromatic heterocycles. The maximum absolute atomic E-state index is 4.20. The molecular weight excluding hydrogens is 194 g/mol. The number of nitrogens with zero attached hydrogens (tertiary/aromatic N) is 1. The first-order valence-electron chi connectivity index (χ1n) is 6.05. The summed E-state index contributed by atoms with van der Waals surface area (Å²) in [5, 5.41) is 0. The smallest absolute Gasteiger partial charge is 0.0246 e. The Morgan fingerprint density at radius 1 is 1.56 bits per heavy atom. The van der Waals surface area contributed by atoms with E-state index in [9.17, 15) is 0 Å².